The van der Waals surface area contributed by atoms with Crippen LogP contribution in [-0.2, 0) is 14.9 Å². The lowest BCUT2D eigenvalue weighted by molar-refractivity contribution is -0.154. The summed E-state index contributed by atoms with van der Waals surface area (Å²) >= 11 is 12.4. The van der Waals surface area contributed by atoms with Crippen LogP contribution in [0.2, 0.25) is 10.0 Å². The molecule has 0 spiro atoms. The van der Waals surface area contributed by atoms with Crippen molar-refractivity contribution in [2.24, 2.45) is 10.7 Å². The van der Waals surface area contributed by atoms with E-state index >= 15 is 0 Å². The first kappa shape index (κ1) is 25.1. The van der Waals surface area contributed by atoms with Gasteiger partial charge < -0.3 is 15.0 Å². The molecule has 1 saturated carbocycles. The monoisotopic (exact) mass is 500 g/mol. The molecule has 1 aliphatic carbocycles. The molecular formula is C22H24Cl2F2N4O3. The van der Waals surface area contributed by atoms with Crippen LogP contribution in [0.3, 0.4) is 0 Å². The molecule has 0 saturated heterocycles. The summed E-state index contributed by atoms with van der Waals surface area (Å²) in [7, 11) is 0. The molecule has 2 N–H and O–H groups in total. The van der Waals surface area contributed by atoms with E-state index < -0.39 is 29.1 Å². The number of carbonyl (C=O) groups excluding carboxylic acids is 1. The van der Waals surface area contributed by atoms with E-state index in [0.717, 1.165) is 24.5 Å². The standard InChI is InChI=1S/C22H24Cl2F2N4O3/c1-21(2,3)32-17(31)6-9-28-16(11-15(27)18(25)26)19-29-20(30-33-19)22(7-8-22)13-5-4-12(23)10-14(13)24/h4-5,10-11,18H,6-9,27H2,1-3H3/b15-11-,28-16?. The van der Waals surface area contributed by atoms with Crippen molar-refractivity contribution in [1.29, 1.82) is 0 Å². The number of halogens is 4. The van der Waals surface area contributed by atoms with Gasteiger partial charge >= 0.3 is 5.97 Å². The molecule has 1 aromatic heterocycles. The number of esters is 1. The Balaban J connectivity index is 1.86. The average Bonchev–Trinajstić information content (AvgIpc) is 3.33. The van der Waals surface area contributed by atoms with Crippen LogP contribution in [0, 0.1) is 0 Å². The third-order valence-corrected chi connectivity index (χ3v) is 5.39. The molecule has 0 amide bonds. The van der Waals surface area contributed by atoms with E-state index in [1.165, 1.54) is 0 Å². The Morgan fingerprint density at radius 2 is 2.06 bits per heavy atom. The fourth-order valence-electron chi connectivity index (χ4n) is 3.19. The Morgan fingerprint density at radius 1 is 1.36 bits per heavy atom. The maximum absolute atomic E-state index is 13.0. The Labute approximate surface area is 200 Å². The summed E-state index contributed by atoms with van der Waals surface area (Å²) in [5.41, 5.74) is 4.25. The molecule has 7 nitrogen and oxygen atoms in total. The van der Waals surface area contributed by atoms with E-state index in [4.69, 9.17) is 38.2 Å². The maximum Gasteiger partial charge on any atom is 0.308 e. The normalized spacial score (nSPS) is 16.2. The highest BCUT2D eigenvalue weighted by Gasteiger charge is 2.51. The Kier molecular flexibility index (Phi) is 7.43. The molecular weight excluding hydrogens is 477 g/mol. The van der Waals surface area contributed by atoms with Gasteiger partial charge in [0, 0.05) is 10.0 Å². The second kappa shape index (κ2) is 9.77. The van der Waals surface area contributed by atoms with Gasteiger partial charge in [0.25, 0.3) is 12.3 Å². The van der Waals surface area contributed by atoms with Crippen LogP contribution in [0.25, 0.3) is 0 Å². The molecule has 3 rings (SSSR count). The quantitative estimate of drug-likeness (QED) is 0.400. The summed E-state index contributed by atoms with van der Waals surface area (Å²) in [6.07, 6.45) is -0.535. The van der Waals surface area contributed by atoms with Crippen LogP contribution in [0.15, 0.2) is 39.5 Å². The first-order chi connectivity index (χ1) is 15.4. The van der Waals surface area contributed by atoms with Gasteiger partial charge in [-0.2, -0.15) is 4.98 Å². The number of alkyl halides is 2. The molecule has 1 aromatic carbocycles. The van der Waals surface area contributed by atoms with Crippen LogP contribution in [0.1, 0.15) is 57.3 Å². The van der Waals surface area contributed by atoms with Gasteiger partial charge in [0.2, 0.25) is 0 Å². The van der Waals surface area contributed by atoms with Crippen LogP contribution in [-0.4, -0.2) is 40.4 Å². The highest BCUT2D eigenvalue weighted by Crippen LogP contribution is 2.54. The minimum absolute atomic E-state index is 0.0386. The van der Waals surface area contributed by atoms with Gasteiger partial charge in [0.1, 0.15) is 11.3 Å². The minimum atomic E-state index is -2.90. The number of carbonyl (C=O) groups is 1. The summed E-state index contributed by atoms with van der Waals surface area (Å²) in [5, 5.41) is 5.02. The highest BCUT2D eigenvalue weighted by atomic mass is 35.5. The summed E-state index contributed by atoms with van der Waals surface area (Å²) < 4.78 is 36.6. The molecule has 1 fully saturated rings. The Hall–Kier alpha value is -2.52. The van der Waals surface area contributed by atoms with Gasteiger partial charge in [0.05, 0.1) is 24.1 Å². The van der Waals surface area contributed by atoms with Crippen molar-refractivity contribution in [3.63, 3.8) is 0 Å². The highest BCUT2D eigenvalue weighted by molar-refractivity contribution is 6.35. The molecule has 2 aromatic rings. The zero-order valence-corrected chi connectivity index (χ0v) is 19.9. The number of nitrogens with zero attached hydrogens (tertiary/aromatic N) is 3. The van der Waals surface area contributed by atoms with Gasteiger partial charge in [-0.25, -0.2) is 8.78 Å². The van der Waals surface area contributed by atoms with Crippen LogP contribution in [0.5, 0.6) is 0 Å². The summed E-state index contributed by atoms with van der Waals surface area (Å²) in [6.45, 7) is 5.19. The number of aromatic nitrogens is 2. The van der Waals surface area contributed by atoms with Crippen molar-refractivity contribution in [2.45, 2.75) is 57.5 Å². The number of allylic oxidation sites excluding steroid dienone is 2. The Bertz CT molecular complexity index is 1090. The maximum atomic E-state index is 13.0. The molecule has 0 bridgehead atoms. The van der Waals surface area contributed by atoms with Crippen molar-refractivity contribution in [2.75, 3.05) is 6.54 Å². The summed E-state index contributed by atoms with van der Waals surface area (Å²) in [6, 6.07) is 5.16. The van der Waals surface area contributed by atoms with Crippen molar-refractivity contribution >= 4 is 34.9 Å². The molecule has 0 unspecified atom stereocenters. The number of nitrogens with two attached hydrogens (primary N) is 1. The lowest BCUT2D eigenvalue weighted by Gasteiger charge is -2.19. The molecule has 1 aliphatic rings. The van der Waals surface area contributed by atoms with Crippen molar-refractivity contribution < 1.29 is 22.8 Å². The molecule has 0 atom stereocenters. The van der Waals surface area contributed by atoms with Gasteiger partial charge in [0.15, 0.2) is 5.82 Å². The van der Waals surface area contributed by atoms with Gasteiger partial charge in [-0.05, 0) is 57.4 Å². The minimum Gasteiger partial charge on any atom is -0.460 e. The first-order valence-corrected chi connectivity index (χ1v) is 11.0. The molecule has 33 heavy (non-hydrogen) atoms. The van der Waals surface area contributed by atoms with Crippen LogP contribution >= 0.6 is 23.2 Å². The number of benzene rings is 1. The van der Waals surface area contributed by atoms with E-state index in [1.807, 2.05) is 0 Å². The number of rotatable bonds is 8. The fraction of sp³-hybridized carbons (Fsp3) is 0.455. The zero-order valence-electron chi connectivity index (χ0n) is 18.4. The lowest BCUT2D eigenvalue weighted by Crippen LogP contribution is -2.24. The van der Waals surface area contributed by atoms with E-state index in [9.17, 15) is 13.6 Å². The van der Waals surface area contributed by atoms with Crippen LogP contribution in [0.4, 0.5) is 8.78 Å². The molecule has 11 heteroatoms. The van der Waals surface area contributed by atoms with Crippen molar-refractivity contribution in [1.82, 2.24) is 10.1 Å². The number of hydrogen-bond acceptors (Lipinski definition) is 7. The van der Waals surface area contributed by atoms with Gasteiger partial charge in [-0.15, -0.1) is 0 Å². The second-order valence-corrected chi connectivity index (χ2v) is 9.52. The predicted octanol–water partition coefficient (Wildman–Crippen LogP) is 5.08. The third kappa shape index (κ3) is 6.29. The molecule has 178 valence electrons. The fourth-order valence-corrected chi connectivity index (χ4v) is 3.78. The third-order valence-electron chi connectivity index (χ3n) is 4.84. The molecule has 0 radical (unpaired) electrons. The number of ether oxygens (including phenoxy) is 1. The van der Waals surface area contributed by atoms with E-state index in [2.05, 4.69) is 15.1 Å². The largest absolute Gasteiger partial charge is 0.460 e. The smallest absolute Gasteiger partial charge is 0.308 e. The topological polar surface area (TPSA) is 104 Å². The SMILES string of the molecule is CC(C)(C)OC(=O)CCN=C(/C=C(\N)C(F)F)c1nc(C2(c3ccc(Cl)cc3Cl)CC2)no1. The number of aliphatic imine (C=N–C) groups is 1. The number of hydrogen-bond donors (Lipinski definition) is 1. The van der Waals surface area contributed by atoms with Crippen molar-refractivity contribution in [3.05, 3.63) is 57.3 Å². The van der Waals surface area contributed by atoms with Crippen LogP contribution < -0.4 is 5.73 Å². The van der Waals surface area contributed by atoms with E-state index in [-0.39, 0.29) is 24.6 Å². The second-order valence-electron chi connectivity index (χ2n) is 8.68. The summed E-state index contributed by atoms with van der Waals surface area (Å²) in [5.74, 6) is -0.211. The van der Waals surface area contributed by atoms with E-state index in [0.29, 0.717) is 15.9 Å². The molecule has 0 aliphatic heterocycles. The van der Waals surface area contributed by atoms with Gasteiger partial charge in [-0.1, -0.05) is 34.4 Å². The molecule has 1 heterocycles. The van der Waals surface area contributed by atoms with Gasteiger partial charge in [-0.3, -0.25) is 9.79 Å². The lowest BCUT2D eigenvalue weighted by atomic mass is 9.95. The zero-order chi connectivity index (χ0) is 24.4. The first-order valence-electron chi connectivity index (χ1n) is 10.2. The predicted molar refractivity (Wildman–Crippen MR) is 121 cm³/mol. The Morgan fingerprint density at radius 3 is 2.64 bits per heavy atom. The average molecular weight is 501 g/mol. The van der Waals surface area contributed by atoms with E-state index in [1.54, 1.807) is 39.0 Å². The summed E-state index contributed by atoms with van der Waals surface area (Å²) in [4.78, 5) is 20.5. The van der Waals surface area contributed by atoms with Crippen molar-refractivity contribution in [3.8, 4) is 0 Å².